The van der Waals surface area contributed by atoms with Crippen molar-refractivity contribution in [3.8, 4) is 17.2 Å². The van der Waals surface area contributed by atoms with Crippen molar-refractivity contribution in [3.63, 3.8) is 0 Å². The lowest BCUT2D eigenvalue weighted by Crippen LogP contribution is -1.99. The molecule has 5 nitrogen and oxygen atoms in total. The van der Waals surface area contributed by atoms with E-state index in [1.807, 2.05) is 32.9 Å². The molecular formula is C22H25NO4. The van der Waals surface area contributed by atoms with E-state index >= 15 is 0 Å². The van der Waals surface area contributed by atoms with Crippen LogP contribution in [0.25, 0.3) is 12.2 Å². The first kappa shape index (κ1) is 20.1. The Balaban J connectivity index is 2.41. The summed E-state index contributed by atoms with van der Waals surface area (Å²) in [6.07, 6.45) is 7.02. The maximum absolute atomic E-state index is 10.5. The molecule has 5 heteroatoms. The van der Waals surface area contributed by atoms with Gasteiger partial charge in [0.25, 0.3) is 0 Å². The molecule has 0 unspecified atom stereocenters. The van der Waals surface area contributed by atoms with Crippen LogP contribution in [-0.2, 0) is 11.2 Å². The Kier molecular flexibility index (Phi) is 7.06. The first-order chi connectivity index (χ1) is 12.9. The number of amides is 1. The Hall–Kier alpha value is -3.21. The minimum atomic E-state index is -0.0140. The first-order valence-corrected chi connectivity index (χ1v) is 8.78. The van der Waals surface area contributed by atoms with Gasteiger partial charge in [0, 0.05) is 11.6 Å². The molecule has 27 heavy (non-hydrogen) atoms. The van der Waals surface area contributed by atoms with E-state index in [0.717, 1.165) is 16.7 Å². The zero-order chi connectivity index (χ0) is 19.8. The van der Waals surface area contributed by atoms with Crippen molar-refractivity contribution in [1.82, 2.24) is 0 Å². The van der Waals surface area contributed by atoms with Crippen LogP contribution in [0.15, 0.2) is 42.0 Å². The lowest BCUT2D eigenvalue weighted by atomic mass is 10.00. The van der Waals surface area contributed by atoms with E-state index in [9.17, 15) is 15.0 Å². The van der Waals surface area contributed by atoms with Gasteiger partial charge in [0.2, 0.25) is 6.41 Å². The van der Waals surface area contributed by atoms with Crippen molar-refractivity contribution in [3.05, 3.63) is 58.7 Å². The molecule has 0 spiro atoms. The van der Waals surface area contributed by atoms with Gasteiger partial charge in [0.15, 0.2) is 0 Å². The molecule has 142 valence electrons. The van der Waals surface area contributed by atoms with E-state index in [-0.39, 0.29) is 11.5 Å². The van der Waals surface area contributed by atoms with Gasteiger partial charge in [-0.3, -0.25) is 4.79 Å². The van der Waals surface area contributed by atoms with Crippen molar-refractivity contribution in [1.29, 1.82) is 0 Å². The second-order valence-corrected chi connectivity index (χ2v) is 6.30. The van der Waals surface area contributed by atoms with Gasteiger partial charge < -0.3 is 20.3 Å². The summed E-state index contributed by atoms with van der Waals surface area (Å²) in [6, 6.07) is 8.28. The molecule has 2 aromatic rings. The molecule has 3 N–H and O–H groups in total. The zero-order valence-corrected chi connectivity index (χ0v) is 15.8. The number of rotatable bonds is 8. The summed E-state index contributed by atoms with van der Waals surface area (Å²) in [5.41, 5.74) is 4.13. The highest BCUT2D eigenvalue weighted by Gasteiger charge is 2.10. The number of aromatic hydroxyl groups is 2. The third-order valence-electron chi connectivity index (χ3n) is 3.93. The van der Waals surface area contributed by atoms with Crippen LogP contribution in [0.5, 0.6) is 17.2 Å². The highest BCUT2D eigenvalue weighted by Crippen LogP contribution is 2.31. The number of benzene rings is 2. The first-order valence-electron chi connectivity index (χ1n) is 8.78. The maximum atomic E-state index is 10.5. The van der Waals surface area contributed by atoms with Gasteiger partial charge in [-0.15, -0.1) is 0 Å². The van der Waals surface area contributed by atoms with Gasteiger partial charge in [-0.05, 0) is 56.5 Å². The molecule has 0 aliphatic heterocycles. The highest BCUT2D eigenvalue weighted by molar-refractivity contribution is 5.79. The molecule has 0 fully saturated rings. The Morgan fingerprint density at radius 2 is 1.93 bits per heavy atom. The number of allylic oxidation sites excluding steroid dienone is 2. The van der Waals surface area contributed by atoms with E-state index in [0.29, 0.717) is 30.9 Å². The Morgan fingerprint density at radius 1 is 1.15 bits per heavy atom. The lowest BCUT2D eigenvalue weighted by Gasteiger charge is -2.13. The molecule has 0 saturated carbocycles. The molecule has 2 rings (SSSR count). The Labute approximate surface area is 159 Å². The maximum Gasteiger partial charge on any atom is 0.211 e. The summed E-state index contributed by atoms with van der Waals surface area (Å²) in [4.78, 5) is 10.5. The summed E-state index contributed by atoms with van der Waals surface area (Å²) in [5, 5.41) is 22.4. The van der Waals surface area contributed by atoms with E-state index < -0.39 is 0 Å². The molecule has 0 atom stereocenters. The molecule has 0 radical (unpaired) electrons. The van der Waals surface area contributed by atoms with Crippen molar-refractivity contribution in [2.75, 3.05) is 11.9 Å². The zero-order valence-electron chi connectivity index (χ0n) is 15.8. The number of nitrogens with one attached hydrogen (secondary N) is 1. The molecular weight excluding hydrogens is 342 g/mol. The summed E-state index contributed by atoms with van der Waals surface area (Å²) >= 11 is 0. The number of ether oxygens (including phenoxy) is 1. The van der Waals surface area contributed by atoms with Crippen LogP contribution in [0, 0.1) is 0 Å². The number of carbonyl (C=O) groups excluding carboxylic acids is 1. The van der Waals surface area contributed by atoms with Gasteiger partial charge >= 0.3 is 0 Å². The quantitative estimate of drug-likeness (QED) is 0.272. The fourth-order valence-corrected chi connectivity index (χ4v) is 2.63. The molecule has 0 aliphatic carbocycles. The van der Waals surface area contributed by atoms with Crippen LogP contribution in [0.2, 0.25) is 0 Å². The van der Waals surface area contributed by atoms with Gasteiger partial charge in [-0.1, -0.05) is 29.9 Å². The van der Waals surface area contributed by atoms with Crippen LogP contribution in [0.3, 0.4) is 0 Å². The number of phenolic OH excluding ortho intramolecular Hbond substituents is 2. The molecule has 0 bridgehead atoms. The summed E-state index contributed by atoms with van der Waals surface area (Å²) in [6.45, 7) is 6.48. The second kappa shape index (κ2) is 9.48. The average Bonchev–Trinajstić information content (AvgIpc) is 2.61. The third-order valence-corrected chi connectivity index (χ3v) is 3.93. The monoisotopic (exact) mass is 367 g/mol. The van der Waals surface area contributed by atoms with Crippen molar-refractivity contribution in [2.45, 2.75) is 27.2 Å². The Morgan fingerprint density at radius 3 is 2.56 bits per heavy atom. The van der Waals surface area contributed by atoms with Gasteiger partial charge in [-0.25, -0.2) is 0 Å². The van der Waals surface area contributed by atoms with E-state index in [1.54, 1.807) is 30.3 Å². The predicted octanol–water partition coefficient (Wildman–Crippen LogP) is 4.74. The number of hydrogen-bond acceptors (Lipinski definition) is 4. The van der Waals surface area contributed by atoms with E-state index in [1.165, 1.54) is 5.57 Å². The van der Waals surface area contributed by atoms with Crippen molar-refractivity contribution < 1.29 is 19.7 Å². The van der Waals surface area contributed by atoms with Crippen molar-refractivity contribution in [2.24, 2.45) is 0 Å². The van der Waals surface area contributed by atoms with Crippen LogP contribution in [0.1, 0.15) is 37.5 Å². The van der Waals surface area contributed by atoms with Crippen LogP contribution in [-0.4, -0.2) is 23.2 Å². The average molecular weight is 367 g/mol. The lowest BCUT2D eigenvalue weighted by molar-refractivity contribution is -0.105. The van der Waals surface area contributed by atoms with E-state index in [4.69, 9.17) is 4.74 Å². The van der Waals surface area contributed by atoms with Crippen molar-refractivity contribution >= 4 is 24.2 Å². The minimum Gasteiger partial charge on any atom is -0.508 e. The molecule has 2 aromatic carbocycles. The number of anilines is 1. The highest BCUT2D eigenvalue weighted by atomic mass is 16.5. The smallest absolute Gasteiger partial charge is 0.211 e. The predicted molar refractivity (Wildman–Crippen MR) is 109 cm³/mol. The van der Waals surface area contributed by atoms with Crippen LogP contribution < -0.4 is 10.1 Å². The second-order valence-electron chi connectivity index (χ2n) is 6.30. The number of phenols is 2. The molecule has 0 saturated heterocycles. The van der Waals surface area contributed by atoms with Gasteiger partial charge in [-0.2, -0.15) is 0 Å². The van der Waals surface area contributed by atoms with Crippen LogP contribution in [0.4, 0.5) is 5.69 Å². The fourth-order valence-electron chi connectivity index (χ4n) is 2.63. The largest absolute Gasteiger partial charge is 0.508 e. The molecule has 0 heterocycles. The molecule has 0 aromatic heterocycles. The van der Waals surface area contributed by atoms with E-state index in [2.05, 4.69) is 11.4 Å². The topological polar surface area (TPSA) is 78.8 Å². The standard InChI is InChI=1S/C22H25NO4/c1-4-27-22-13-18(25)12-17(19(22)9-5-15(2)3)8-6-16-7-10-20(23-14-24)21(26)11-16/h5-8,10-14,25-26H,4,9H2,1-3H3,(H,23,24). The van der Waals surface area contributed by atoms with Crippen LogP contribution >= 0.6 is 0 Å². The molecule has 1 amide bonds. The Bertz CT molecular complexity index is 865. The van der Waals surface area contributed by atoms with Gasteiger partial charge in [0.1, 0.15) is 17.2 Å². The number of carbonyl (C=O) groups is 1. The minimum absolute atomic E-state index is 0.0140. The summed E-state index contributed by atoms with van der Waals surface area (Å²) in [7, 11) is 0. The fraction of sp³-hybridized carbons (Fsp3) is 0.227. The van der Waals surface area contributed by atoms with Gasteiger partial charge in [0.05, 0.1) is 12.3 Å². The normalized spacial score (nSPS) is 10.6. The summed E-state index contributed by atoms with van der Waals surface area (Å²) in [5.74, 6) is 0.774. The molecule has 0 aliphatic rings. The number of hydrogen-bond donors (Lipinski definition) is 3. The summed E-state index contributed by atoms with van der Waals surface area (Å²) < 4.78 is 5.70. The third kappa shape index (κ3) is 5.64. The SMILES string of the molecule is CCOc1cc(O)cc(C=Cc2ccc(NC=O)c(O)c2)c1CC=C(C)C.